The number of amides is 3. The highest BCUT2D eigenvalue weighted by atomic mass is 16.3. The maximum atomic E-state index is 13.3. The molecule has 0 saturated carbocycles. The molecule has 0 aromatic heterocycles. The Morgan fingerprint density at radius 2 is 1.66 bits per heavy atom. The summed E-state index contributed by atoms with van der Waals surface area (Å²) in [5.41, 5.74) is 2.51. The molecular weight excluding hydrogens is 368 g/mol. The smallest absolute Gasteiger partial charge is 0.262 e. The summed E-state index contributed by atoms with van der Waals surface area (Å²) in [7, 11) is 0. The molecule has 2 aromatic rings. The minimum Gasteiger partial charge on any atom is -0.390 e. The molecule has 1 heterocycles. The van der Waals surface area contributed by atoms with Crippen LogP contribution in [0.1, 0.15) is 58.2 Å². The maximum Gasteiger partial charge on any atom is 0.262 e. The van der Waals surface area contributed by atoms with E-state index >= 15 is 0 Å². The Kier molecular flexibility index (Phi) is 4.96. The molecule has 2 aromatic carbocycles. The molecule has 0 saturated heterocycles. The quantitative estimate of drug-likeness (QED) is 0.766. The Hall–Kier alpha value is -2.99. The summed E-state index contributed by atoms with van der Waals surface area (Å²) in [5.74, 6) is -1.22. The minimum atomic E-state index is -0.928. The van der Waals surface area contributed by atoms with Crippen molar-refractivity contribution in [1.82, 2.24) is 10.2 Å². The molecule has 0 fully saturated rings. The second kappa shape index (κ2) is 7.44. The van der Waals surface area contributed by atoms with Crippen LogP contribution in [0, 0.1) is 5.92 Å². The van der Waals surface area contributed by atoms with Gasteiger partial charge in [0.05, 0.1) is 23.3 Å². The van der Waals surface area contributed by atoms with Crippen molar-refractivity contribution >= 4 is 17.7 Å². The standard InChI is InChI=1S/C23H24N2O4/c1-13(2)11-18(25-22(28)16-9-5-6-10-17(16)23(25)29)21(27)24-20-15-8-4-3-7-14(15)12-19(20)26/h3-10,13,18-20,26H,11-12H2,1-2H3,(H,24,27)/t18-,19-,20+/m1/s1. The zero-order valence-electron chi connectivity index (χ0n) is 16.5. The van der Waals surface area contributed by atoms with E-state index in [1.807, 2.05) is 38.1 Å². The molecule has 1 aliphatic carbocycles. The van der Waals surface area contributed by atoms with Crippen LogP contribution in [0.25, 0.3) is 0 Å². The number of carbonyl (C=O) groups is 3. The first-order valence-electron chi connectivity index (χ1n) is 9.91. The molecule has 2 aliphatic rings. The summed E-state index contributed by atoms with van der Waals surface area (Å²) in [4.78, 5) is 40.1. The molecule has 3 amide bonds. The van der Waals surface area contributed by atoms with Gasteiger partial charge in [0.1, 0.15) is 6.04 Å². The summed E-state index contributed by atoms with van der Waals surface area (Å²) in [6, 6.07) is 12.7. The number of hydrogen-bond acceptors (Lipinski definition) is 4. The van der Waals surface area contributed by atoms with Gasteiger partial charge < -0.3 is 10.4 Å². The van der Waals surface area contributed by atoms with Crippen molar-refractivity contribution in [2.24, 2.45) is 5.92 Å². The molecule has 29 heavy (non-hydrogen) atoms. The normalized spacial score (nSPS) is 21.3. The molecule has 3 atom stereocenters. The fourth-order valence-electron chi connectivity index (χ4n) is 4.26. The summed E-state index contributed by atoms with van der Waals surface area (Å²) in [5, 5.41) is 13.4. The molecule has 2 N–H and O–H groups in total. The van der Waals surface area contributed by atoms with E-state index in [1.165, 1.54) is 0 Å². The topological polar surface area (TPSA) is 86.7 Å². The third-order valence-corrected chi connectivity index (χ3v) is 5.64. The van der Waals surface area contributed by atoms with Gasteiger partial charge in [-0.25, -0.2) is 0 Å². The highest BCUT2D eigenvalue weighted by Crippen LogP contribution is 2.32. The van der Waals surface area contributed by atoms with E-state index < -0.39 is 35.9 Å². The molecular formula is C23H24N2O4. The van der Waals surface area contributed by atoms with E-state index in [9.17, 15) is 19.5 Å². The predicted molar refractivity (Wildman–Crippen MR) is 107 cm³/mol. The lowest BCUT2D eigenvalue weighted by Gasteiger charge is -2.29. The number of aliphatic hydroxyl groups excluding tert-OH is 1. The van der Waals surface area contributed by atoms with Crippen LogP contribution in [0.3, 0.4) is 0 Å². The molecule has 4 rings (SSSR count). The number of nitrogens with one attached hydrogen (secondary N) is 1. The van der Waals surface area contributed by atoms with E-state index in [0.717, 1.165) is 16.0 Å². The van der Waals surface area contributed by atoms with E-state index in [-0.39, 0.29) is 5.92 Å². The largest absolute Gasteiger partial charge is 0.390 e. The van der Waals surface area contributed by atoms with Crippen LogP contribution in [0.2, 0.25) is 0 Å². The second-order valence-corrected chi connectivity index (χ2v) is 8.13. The van der Waals surface area contributed by atoms with E-state index in [2.05, 4.69) is 5.32 Å². The van der Waals surface area contributed by atoms with Gasteiger partial charge in [0.15, 0.2) is 0 Å². The Bertz CT molecular complexity index is 949. The number of benzene rings is 2. The molecule has 0 radical (unpaired) electrons. The van der Waals surface area contributed by atoms with Gasteiger partial charge in [-0.15, -0.1) is 0 Å². The van der Waals surface area contributed by atoms with E-state index in [0.29, 0.717) is 24.0 Å². The Balaban J connectivity index is 1.62. The van der Waals surface area contributed by atoms with Gasteiger partial charge in [-0.3, -0.25) is 19.3 Å². The molecule has 0 unspecified atom stereocenters. The van der Waals surface area contributed by atoms with Gasteiger partial charge in [0, 0.05) is 6.42 Å². The van der Waals surface area contributed by atoms with Gasteiger partial charge in [-0.05, 0) is 35.6 Å². The van der Waals surface area contributed by atoms with Crippen molar-refractivity contribution < 1.29 is 19.5 Å². The lowest BCUT2D eigenvalue weighted by molar-refractivity contribution is -0.127. The Morgan fingerprint density at radius 3 is 2.28 bits per heavy atom. The fraction of sp³-hybridized carbons (Fsp3) is 0.348. The lowest BCUT2D eigenvalue weighted by atomic mass is 10.00. The first kappa shape index (κ1) is 19.3. The van der Waals surface area contributed by atoms with Crippen molar-refractivity contribution in [2.45, 2.75) is 44.9 Å². The number of aliphatic hydroxyl groups is 1. The van der Waals surface area contributed by atoms with Crippen LogP contribution >= 0.6 is 0 Å². The molecule has 150 valence electrons. The first-order valence-corrected chi connectivity index (χ1v) is 9.91. The number of imide groups is 1. The number of carbonyl (C=O) groups excluding carboxylic acids is 3. The second-order valence-electron chi connectivity index (χ2n) is 8.13. The summed E-state index contributed by atoms with van der Waals surface area (Å²) >= 11 is 0. The highest BCUT2D eigenvalue weighted by Gasteiger charge is 2.44. The van der Waals surface area contributed by atoms with Gasteiger partial charge in [-0.2, -0.15) is 0 Å². The SMILES string of the molecule is CC(C)C[C@H](C(=O)N[C@H]1c2ccccc2C[C@H]1O)N1C(=O)c2ccccc2C1=O. The van der Waals surface area contributed by atoms with Crippen molar-refractivity contribution in [3.8, 4) is 0 Å². The summed E-state index contributed by atoms with van der Waals surface area (Å²) < 4.78 is 0. The van der Waals surface area contributed by atoms with Crippen LogP contribution in [-0.2, 0) is 11.2 Å². The number of fused-ring (bicyclic) bond motifs is 2. The molecule has 0 spiro atoms. The Labute approximate surface area is 169 Å². The monoisotopic (exact) mass is 392 g/mol. The van der Waals surface area contributed by atoms with Crippen molar-refractivity contribution in [3.63, 3.8) is 0 Å². The molecule has 0 bridgehead atoms. The van der Waals surface area contributed by atoms with Crippen LogP contribution in [0.4, 0.5) is 0 Å². The first-order chi connectivity index (χ1) is 13.9. The van der Waals surface area contributed by atoms with Crippen molar-refractivity contribution in [3.05, 3.63) is 70.8 Å². The summed E-state index contributed by atoms with van der Waals surface area (Å²) in [6.07, 6.45) is 0.0725. The third kappa shape index (κ3) is 3.34. The van der Waals surface area contributed by atoms with Crippen molar-refractivity contribution in [2.75, 3.05) is 0 Å². The van der Waals surface area contributed by atoms with Gasteiger partial charge in [-0.1, -0.05) is 50.2 Å². The van der Waals surface area contributed by atoms with E-state index in [4.69, 9.17) is 0 Å². The van der Waals surface area contributed by atoms with Crippen molar-refractivity contribution in [1.29, 1.82) is 0 Å². The van der Waals surface area contributed by atoms with Crippen LogP contribution in [0.15, 0.2) is 48.5 Å². The zero-order valence-corrected chi connectivity index (χ0v) is 16.5. The molecule has 6 heteroatoms. The predicted octanol–water partition coefficient (Wildman–Crippen LogP) is 2.47. The minimum absolute atomic E-state index is 0.0934. The van der Waals surface area contributed by atoms with Crippen LogP contribution in [0.5, 0.6) is 0 Å². The Morgan fingerprint density at radius 1 is 1.07 bits per heavy atom. The third-order valence-electron chi connectivity index (χ3n) is 5.64. The highest BCUT2D eigenvalue weighted by molar-refractivity contribution is 6.22. The van der Waals surface area contributed by atoms with Gasteiger partial charge in [0.25, 0.3) is 11.8 Å². The number of hydrogen-bond donors (Lipinski definition) is 2. The van der Waals surface area contributed by atoms with E-state index in [1.54, 1.807) is 24.3 Å². The number of nitrogens with zero attached hydrogens (tertiary/aromatic N) is 1. The molecule has 6 nitrogen and oxygen atoms in total. The van der Waals surface area contributed by atoms with Crippen LogP contribution < -0.4 is 5.32 Å². The average Bonchev–Trinajstić information content (AvgIpc) is 3.14. The van der Waals surface area contributed by atoms with Crippen LogP contribution in [-0.4, -0.2) is 39.9 Å². The number of rotatable bonds is 5. The zero-order chi connectivity index (χ0) is 20.7. The summed E-state index contributed by atoms with van der Waals surface area (Å²) in [6.45, 7) is 3.89. The fourth-order valence-corrected chi connectivity index (χ4v) is 4.26. The van der Waals surface area contributed by atoms with Gasteiger partial charge >= 0.3 is 0 Å². The average molecular weight is 392 g/mol. The molecule has 1 aliphatic heterocycles. The van der Waals surface area contributed by atoms with Gasteiger partial charge in [0.2, 0.25) is 5.91 Å². The lowest BCUT2D eigenvalue weighted by Crippen LogP contribution is -2.51. The maximum absolute atomic E-state index is 13.3.